The zero-order valence-electron chi connectivity index (χ0n) is 10.2. The second kappa shape index (κ2) is 31.6. The van der Waals surface area contributed by atoms with Crippen molar-refractivity contribution in [2.75, 3.05) is 0 Å². The Labute approximate surface area is 147 Å². The van der Waals surface area contributed by atoms with Gasteiger partial charge in [-0.2, -0.15) is 10.5 Å². The number of rotatable bonds is 0. The third kappa shape index (κ3) is 138. The molecular formula is C4H6MgO16Zn. The molecule has 0 amide bonds. The van der Waals surface area contributed by atoms with Crippen LogP contribution in [-0.4, -0.2) is 78.9 Å². The van der Waals surface area contributed by atoms with Crippen LogP contribution in [0.2, 0.25) is 0 Å². The standard InChI is InChI=1S/4CH2O4.Mg.Zn/c4*2-1(3)5-4;;/h4*4H,(H,2,3);;/q;;;;+2;/p-2. The Balaban J connectivity index is -0.0000000376. The van der Waals surface area contributed by atoms with Crippen LogP contribution in [0.4, 0.5) is 19.2 Å². The van der Waals surface area contributed by atoms with Gasteiger partial charge in [0.15, 0.2) is 0 Å². The average molecular weight is 400 g/mol. The second-order valence-electron chi connectivity index (χ2n) is 1.40. The third-order valence-corrected chi connectivity index (χ3v) is 0.305. The van der Waals surface area contributed by atoms with Gasteiger partial charge >= 0.3 is 35.4 Å². The van der Waals surface area contributed by atoms with Crippen molar-refractivity contribution in [1.29, 1.82) is 0 Å². The zero-order valence-corrected chi connectivity index (χ0v) is 14.6. The minimum Gasteiger partial charge on any atom is -0.448 e. The van der Waals surface area contributed by atoms with Gasteiger partial charge in [0.25, 0.3) is 12.3 Å². The summed E-state index contributed by atoms with van der Waals surface area (Å²) in [6.45, 7) is 0. The van der Waals surface area contributed by atoms with Crippen LogP contribution in [0.3, 0.4) is 0 Å². The summed E-state index contributed by atoms with van der Waals surface area (Å²) in [4.78, 5) is 45.8. The van der Waals surface area contributed by atoms with Crippen molar-refractivity contribution in [2.24, 2.45) is 0 Å². The SMILES string of the molecule is O=C(O)OO.O=C(O)OO.O=C([O-])OO.O=C([O-])OO.[Mg+2].[Zn]. The Bertz CT molecular complexity index is 223. The van der Waals surface area contributed by atoms with Crippen LogP contribution in [0.1, 0.15) is 0 Å². The molecule has 0 fully saturated rings. The monoisotopic (exact) mass is 398 g/mol. The van der Waals surface area contributed by atoms with Gasteiger partial charge in [-0.25, -0.2) is 9.59 Å². The maximum atomic E-state index is 8.90. The van der Waals surface area contributed by atoms with Gasteiger partial charge < -0.3 is 39.8 Å². The first-order valence-corrected chi connectivity index (χ1v) is 3.22. The predicted molar refractivity (Wildman–Crippen MR) is 47.5 cm³/mol. The van der Waals surface area contributed by atoms with Crippen LogP contribution >= 0.6 is 0 Å². The van der Waals surface area contributed by atoms with Gasteiger partial charge in [-0.15, -0.1) is 0 Å². The molecule has 0 rings (SSSR count). The summed E-state index contributed by atoms with van der Waals surface area (Å²) >= 11 is 0. The van der Waals surface area contributed by atoms with E-state index in [1.807, 2.05) is 0 Å². The summed E-state index contributed by atoms with van der Waals surface area (Å²) < 4.78 is 0. The average Bonchev–Trinajstić information content (AvgIpc) is 2.40. The normalized spacial score (nSPS) is 6.00. The Morgan fingerprint density at radius 2 is 0.727 bits per heavy atom. The van der Waals surface area contributed by atoms with Crippen LogP contribution in [0.25, 0.3) is 0 Å². The Kier molecular flexibility index (Phi) is 53.1. The smallest absolute Gasteiger partial charge is 0.448 e. The summed E-state index contributed by atoms with van der Waals surface area (Å²) in [5.41, 5.74) is 0. The van der Waals surface area contributed by atoms with E-state index in [9.17, 15) is 0 Å². The van der Waals surface area contributed by atoms with Crippen LogP contribution in [0, 0.1) is 0 Å². The molecule has 0 aromatic rings. The molecule has 0 aliphatic carbocycles. The molecule has 122 valence electrons. The fraction of sp³-hybridized carbons (Fsp3) is 0. The minimum atomic E-state index is -1.94. The number of hydrogen-bond acceptors (Lipinski definition) is 14. The summed E-state index contributed by atoms with van der Waals surface area (Å²) in [7, 11) is 0. The van der Waals surface area contributed by atoms with E-state index in [1.54, 1.807) is 0 Å². The molecule has 0 bridgehead atoms. The molecule has 18 heteroatoms. The maximum Gasteiger partial charge on any atom is 2.00 e. The van der Waals surface area contributed by atoms with Gasteiger partial charge in [-0.1, -0.05) is 0 Å². The number of carboxylic acid groups (broad SMARTS) is 4. The van der Waals surface area contributed by atoms with Gasteiger partial charge in [0.05, 0.1) is 0 Å². The second-order valence-corrected chi connectivity index (χ2v) is 1.40. The first-order chi connectivity index (χ1) is 9.08. The minimum absolute atomic E-state index is 0. The molecule has 0 saturated carbocycles. The molecular weight excluding hydrogens is 394 g/mol. The van der Waals surface area contributed by atoms with Gasteiger partial charge in [0, 0.05) is 19.5 Å². The molecule has 0 aromatic heterocycles. The van der Waals surface area contributed by atoms with E-state index in [0.29, 0.717) is 0 Å². The molecule has 0 aliphatic rings. The Hall–Kier alpha value is -1.69. The number of hydrogen-bond donors (Lipinski definition) is 6. The van der Waals surface area contributed by atoms with Crippen LogP contribution in [0.5, 0.6) is 0 Å². The molecule has 0 heterocycles. The first-order valence-electron chi connectivity index (χ1n) is 3.22. The van der Waals surface area contributed by atoms with E-state index in [-0.39, 0.29) is 42.5 Å². The van der Waals surface area contributed by atoms with Gasteiger partial charge in [-0.05, 0) is 0 Å². The molecule has 16 nitrogen and oxygen atoms in total. The van der Waals surface area contributed by atoms with E-state index in [1.165, 1.54) is 0 Å². The van der Waals surface area contributed by atoms with E-state index in [0.717, 1.165) is 0 Å². The summed E-state index contributed by atoms with van der Waals surface area (Å²) in [5.74, 6) is 0. The molecule has 0 unspecified atom stereocenters. The molecule has 0 radical (unpaired) electrons. The van der Waals surface area contributed by atoms with Crippen molar-refractivity contribution in [3.05, 3.63) is 0 Å². The fourth-order valence-corrected chi connectivity index (χ4v) is 0. The van der Waals surface area contributed by atoms with Crippen molar-refractivity contribution >= 4 is 47.7 Å². The first kappa shape index (κ1) is 37.0. The van der Waals surface area contributed by atoms with E-state index in [2.05, 4.69) is 19.6 Å². The quantitative estimate of drug-likeness (QED) is 0.107. The Morgan fingerprint density at radius 3 is 0.727 bits per heavy atom. The van der Waals surface area contributed by atoms with E-state index in [4.69, 9.17) is 60.6 Å². The molecule has 0 aromatic carbocycles. The Morgan fingerprint density at radius 1 is 0.636 bits per heavy atom. The number of carbonyl (C=O) groups is 4. The van der Waals surface area contributed by atoms with E-state index < -0.39 is 24.6 Å². The fourth-order valence-electron chi connectivity index (χ4n) is 0. The topological polar surface area (TPSA) is 273 Å². The molecule has 0 aliphatic heterocycles. The summed E-state index contributed by atoms with van der Waals surface area (Å²) in [6, 6.07) is 0. The third-order valence-electron chi connectivity index (χ3n) is 0.305. The van der Waals surface area contributed by atoms with Crippen molar-refractivity contribution < 1.29 is 99.7 Å². The van der Waals surface area contributed by atoms with Crippen molar-refractivity contribution in [3.63, 3.8) is 0 Å². The van der Waals surface area contributed by atoms with Crippen LogP contribution in [0.15, 0.2) is 0 Å². The zero-order chi connectivity index (χ0) is 17.1. The predicted octanol–water partition coefficient (Wildman–Crippen LogP) is -2.44. The molecule has 0 saturated heterocycles. The maximum absolute atomic E-state index is 8.90. The largest absolute Gasteiger partial charge is 2.00 e. The van der Waals surface area contributed by atoms with Crippen molar-refractivity contribution in [2.45, 2.75) is 0 Å². The van der Waals surface area contributed by atoms with E-state index >= 15 is 0 Å². The number of carbonyl (C=O) groups excluding carboxylic acids is 2. The van der Waals surface area contributed by atoms with Crippen molar-refractivity contribution in [1.82, 2.24) is 0 Å². The molecule has 0 atom stereocenters. The van der Waals surface area contributed by atoms with Gasteiger partial charge in [-0.3, -0.25) is 20.3 Å². The van der Waals surface area contributed by atoms with Crippen molar-refractivity contribution in [3.8, 4) is 0 Å². The van der Waals surface area contributed by atoms with Gasteiger partial charge in [0.2, 0.25) is 0 Å². The molecule has 0 spiro atoms. The summed E-state index contributed by atoms with van der Waals surface area (Å²) in [6.07, 6.45) is -7.26. The molecule has 22 heavy (non-hydrogen) atoms. The van der Waals surface area contributed by atoms with Gasteiger partial charge in [0.1, 0.15) is 0 Å². The van der Waals surface area contributed by atoms with Crippen LogP contribution < -0.4 is 10.2 Å². The molecule has 6 N–H and O–H groups in total. The van der Waals surface area contributed by atoms with Crippen LogP contribution in [-0.2, 0) is 39.0 Å². The summed E-state index contributed by atoms with van der Waals surface area (Å²) in [5, 5.41) is 60.1.